The minimum absolute atomic E-state index is 0.205. The molecule has 3 aromatic rings. The van der Waals surface area contributed by atoms with Crippen LogP contribution in [-0.2, 0) is 16.4 Å². The van der Waals surface area contributed by atoms with Gasteiger partial charge in [-0.25, -0.2) is 8.42 Å². The molecule has 1 aliphatic heterocycles. The molecule has 126 valence electrons. The molecule has 0 saturated carbocycles. The standard InChI is InChI=1S/C15H16N4O3S2/c1-2-10-9-13(22-16-10)12-6-4-8-19(12)24(20,21)14-7-3-5-11-15(14)18-23-17-11/h3,5,7,9,12H,2,4,6,8H2,1H3. The number of hydrogen-bond donors (Lipinski definition) is 0. The van der Waals surface area contributed by atoms with Gasteiger partial charge in [-0.05, 0) is 31.4 Å². The maximum atomic E-state index is 13.2. The lowest BCUT2D eigenvalue weighted by atomic mass is 10.1. The van der Waals surface area contributed by atoms with Crippen LogP contribution in [0.3, 0.4) is 0 Å². The fourth-order valence-corrected chi connectivity index (χ4v) is 5.50. The summed E-state index contributed by atoms with van der Waals surface area (Å²) in [4.78, 5) is 0.205. The van der Waals surface area contributed by atoms with Crippen LogP contribution in [-0.4, -0.2) is 33.2 Å². The molecule has 1 unspecified atom stereocenters. The van der Waals surface area contributed by atoms with E-state index in [1.807, 2.05) is 13.0 Å². The predicted molar refractivity (Wildman–Crippen MR) is 89.2 cm³/mol. The first-order valence-electron chi connectivity index (χ1n) is 7.80. The van der Waals surface area contributed by atoms with Crippen LogP contribution in [0.2, 0.25) is 0 Å². The van der Waals surface area contributed by atoms with E-state index in [4.69, 9.17) is 4.52 Å². The van der Waals surface area contributed by atoms with E-state index >= 15 is 0 Å². The second-order valence-electron chi connectivity index (χ2n) is 5.74. The van der Waals surface area contributed by atoms with Gasteiger partial charge in [-0.15, -0.1) is 0 Å². The van der Waals surface area contributed by atoms with Crippen LogP contribution in [0.1, 0.15) is 37.3 Å². The molecule has 9 heteroatoms. The van der Waals surface area contributed by atoms with E-state index in [0.29, 0.717) is 23.3 Å². The largest absolute Gasteiger partial charge is 0.359 e. The van der Waals surface area contributed by atoms with Crippen molar-refractivity contribution in [3.8, 4) is 0 Å². The summed E-state index contributed by atoms with van der Waals surface area (Å²) in [5, 5.41) is 3.99. The average molecular weight is 364 g/mol. The van der Waals surface area contributed by atoms with Crippen LogP contribution in [0.4, 0.5) is 0 Å². The van der Waals surface area contributed by atoms with E-state index < -0.39 is 10.0 Å². The van der Waals surface area contributed by atoms with Gasteiger partial charge in [-0.1, -0.05) is 18.1 Å². The van der Waals surface area contributed by atoms with Crippen molar-refractivity contribution in [2.24, 2.45) is 0 Å². The summed E-state index contributed by atoms with van der Waals surface area (Å²) in [6.07, 6.45) is 2.27. The summed E-state index contributed by atoms with van der Waals surface area (Å²) in [6, 6.07) is 6.59. The lowest BCUT2D eigenvalue weighted by Crippen LogP contribution is -2.30. The minimum atomic E-state index is -3.68. The Kier molecular flexibility index (Phi) is 3.86. The molecule has 0 N–H and O–H groups in total. The van der Waals surface area contributed by atoms with Crippen LogP contribution in [0, 0.1) is 0 Å². The van der Waals surface area contributed by atoms with E-state index in [2.05, 4.69) is 13.9 Å². The Morgan fingerprint density at radius 2 is 2.25 bits per heavy atom. The van der Waals surface area contributed by atoms with Gasteiger partial charge in [0.2, 0.25) is 10.0 Å². The van der Waals surface area contributed by atoms with Crippen LogP contribution in [0.15, 0.2) is 33.7 Å². The smallest absolute Gasteiger partial charge is 0.246 e. The summed E-state index contributed by atoms with van der Waals surface area (Å²) < 4.78 is 41.6. The van der Waals surface area contributed by atoms with Crippen molar-refractivity contribution in [2.75, 3.05) is 6.54 Å². The number of fused-ring (bicyclic) bond motifs is 1. The SMILES string of the molecule is CCc1cc(C2CCCN2S(=O)(=O)c2cccc3nsnc23)on1. The van der Waals surface area contributed by atoms with Crippen LogP contribution < -0.4 is 0 Å². The number of hydrogen-bond acceptors (Lipinski definition) is 7. The zero-order valence-corrected chi connectivity index (χ0v) is 14.7. The second-order valence-corrected chi connectivity index (χ2v) is 8.12. The van der Waals surface area contributed by atoms with Crippen molar-refractivity contribution in [1.29, 1.82) is 0 Å². The van der Waals surface area contributed by atoms with Gasteiger partial charge in [0.15, 0.2) is 5.76 Å². The quantitative estimate of drug-likeness (QED) is 0.707. The first-order chi connectivity index (χ1) is 11.6. The van der Waals surface area contributed by atoms with Crippen LogP contribution >= 0.6 is 11.7 Å². The first-order valence-corrected chi connectivity index (χ1v) is 9.97. The molecule has 2 aromatic heterocycles. The summed E-state index contributed by atoms with van der Waals surface area (Å²) >= 11 is 1.02. The fourth-order valence-electron chi connectivity index (χ4n) is 3.08. The van der Waals surface area contributed by atoms with E-state index in [0.717, 1.165) is 36.7 Å². The number of aryl methyl sites for hydroxylation is 1. The molecule has 1 fully saturated rings. The zero-order chi connectivity index (χ0) is 16.7. The van der Waals surface area contributed by atoms with Gasteiger partial charge in [0, 0.05) is 12.6 Å². The molecular weight excluding hydrogens is 348 g/mol. The number of nitrogens with zero attached hydrogens (tertiary/aromatic N) is 4. The van der Waals surface area contributed by atoms with Gasteiger partial charge in [-0.3, -0.25) is 0 Å². The zero-order valence-electron chi connectivity index (χ0n) is 13.0. The highest BCUT2D eigenvalue weighted by atomic mass is 32.2. The third-order valence-corrected chi connectivity index (χ3v) is 6.79. The lowest BCUT2D eigenvalue weighted by Gasteiger charge is -2.22. The van der Waals surface area contributed by atoms with Crippen molar-refractivity contribution in [3.05, 3.63) is 35.7 Å². The van der Waals surface area contributed by atoms with Gasteiger partial charge >= 0.3 is 0 Å². The van der Waals surface area contributed by atoms with Crippen molar-refractivity contribution >= 4 is 32.8 Å². The summed E-state index contributed by atoms with van der Waals surface area (Å²) in [6.45, 7) is 2.45. The molecule has 7 nitrogen and oxygen atoms in total. The molecule has 1 aliphatic rings. The number of benzene rings is 1. The Hall–Kier alpha value is -1.84. The second kappa shape index (κ2) is 5.91. The summed E-state index contributed by atoms with van der Waals surface area (Å²) in [5.74, 6) is 0.608. The van der Waals surface area contributed by atoms with Crippen molar-refractivity contribution in [2.45, 2.75) is 37.1 Å². The number of rotatable bonds is 4. The van der Waals surface area contributed by atoms with E-state index in [1.165, 1.54) is 4.31 Å². The molecule has 4 rings (SSSR count). The summed E-state index contributed by atoms with van der Waals surface area (Å²) in [7, 11) is -3.68. The van der Waals surface area contributed by atoms with Gasteiger partial charge < -0.3 is 4.52 Å². The first kappa shape index (κ1) is 15.7. The topological polar surface area (TPSA) is 89.2 Å². The fraction of sp³-hybridized carbons (Fsp3) is 0.400. The maximum absolute atomic E-state index is 13.2. The monoisotopic (exact) mass is 364 g/mol. The molecule has 0 aliphatic carbocycles. The molecule has 1 aromatic carbocycles. The molecule has 0 bridgehead atoms. The average Bonchev–Trinajstić information content (AvgIpc) is 3.31. The van der Waals surface area contributed by atoms with Gasteiger partial charge in [0.05, 0.1) is 23.5 Å². The molecule has 0 amide bonds. The molecule has 1 saturated heterocycles. The van der Waals surface area contributed by atoms with Crippen molar-refractivity contribution < 1.29 is 12.9 Å². The van der Waals surface area contributed by atoms with Crippen LogP contribution in [0.25, 0.3) is 11.0 Å². The van der Waals surface area contributed by atoms with E-state index in [-0.39, 0.29) is 10.9 Å². The van der Waals surface area contributed by atoms with Crippen LogP contribution in [0.5, 0.6) is 0 Å². The minimum Gasteiger partial charge on any atom is -0.359 e. The number of aromatic nitrogens is 3. The molecule has 1 atom stereocenters. The Bertz CT molecular complexity index is 979. The third-order valence-electron chi connectivity index (χ3n) is 4.31. The maximum Gasteiger partial charge on any atom is 0.246 e. The van der Waals surface area contributed by atoms with Gasteiger partial charge in [0.1, 0.15) is 15.9 Å². The van der Waals surface area contributed by atoms with Gasteiger partial charge in [0.25, 0.3) is 0 Å². The summed E-state index contributed by atoms with van der Waals surface area (Å²) in [5.41, 5.74) is 1.87. The Labute approximate surface area is 143 Å². The molecule has 0 radical (unpaired) electrons. The normalized spacial score (nSPS) is 19.3. The molecular formula is C15H16N4O3S2. The van der Waals surface area contributed by atoms with Crippen molar-refractivity contribution in [1.82, 2.24) is 18.2 Å². The Balaban J connectivity index is 1.77. The number of sulfonamides is 1. The van der Waals surface area contributed by atoms with E-state index in [1.54, 1.807) is 18.2 Å². The molecule has 24 heavy (non-hydrogen) atoms. The Morgan fingerprint density at radius 1 is 1.38 bits per heavy atom. The molecule has 0 spiro atoms. The van der Waals surface area contributed by atoms with E-state index in [9.17, 15) is 8.42 Å². The highest BCUT2D eigenvalue weighted by Crippen LogP contribution is 2.38. The Morgan fingerprint density at radius 3 is 3.04 bits per heavy atom. The lowest BCUT2D eigenvalue weighted by molar-refractivity contribution is 0.296. The van der Waals surface area contributed by atoms with Crippen molar-refractivity contribution in [3.63, 3.8) is 0 Å². The predicted octanol–water partition coefficient (Wildman–Crippen LogP) is 2.77. The molecule has 3 heterocycles. The van der Waals surface area contributed by atoms with Gasteiger partial charge in [-0.2, -0.15) is 13.1 Å². The highest BCUT2D eigenvalue weighted by molar-refractivity contribution is 7.89. The third kappa shape index (κ3) is 2.43. The highest BCUT2D eigenvalue weighted by Gasteiger charge is 2.39.